The van der Waals surface area contributed by atoms with Gasteiger partial charge in [0, 0.05) is 16.0 Å². The number of hydrazone groups is 1. The summed E-state index contributed by atoms with van der Waals surface area (Å²) in [4.78, 5) is 4.22. The van der Waals surface area contributed by atoms with E-state index in [9.17, 15) is 18.3 Å². The molecule has 0 saturated carbocycles. The van der Waals surface area contributed by atoms with Gasteiger partial charge in [-0.15, -0.1) is 11.3 Å². The molecule has 1 N–H and O–H groups in total. The van der Waals surface area contributed by atoms with E-state index >= 15 is 0 Å². The van der Waals surface area contributed by atoms with Gasteiger partial charge < -0.3 is 9.52 Å². The molecule has 1 aliphatic rings. The number of hydrogen-bond acceptors (Lipinski definition) is 6. The zero-order valence-electron chi connectivity index (χ0n) is 13.4. The van der Waals surface area contributed by atoms with Crippen LogP contribution in [0.1, 0.15) is 12.2 Å². The maximum absolute atomic E-state index is 13.6. The molecule has 1 aliphatic heterocycles. The van der Waals surface area contributed by atoms with Crippen LogP contribution in [0.15, 0.2) is 57.6 Å². The number of rotatable bonds is 3. The van der Waals surface area contributed by atoms with E-state index in [4.69, 9.17) is 16.0 Å². The molecular formula is C17H11ClF3N3O2S. The normalized spacial score (nSPS) is 20.2. The van der Waals surface area contributed by atoms with Crippen molar-refractivity contribution < 1.29 is 22.7 Å². The zero-order valence-corrected chi connectivity index (χ0v) is 15.0. The number of benzene rings is 1. The second-order valence-corrected chi connectivity index (χ2v) is 7.12. The van der Waals surface area contributed by atoms with Gasteiger partial charge in [0.1, 0.15) is 11.5 Å². The summed E-state index contributed by atoms with van der Waals surface area (Å²) in [6.07, 6.45) is -4.38. The molecule has 3 heterocycles. The Balaban J connectivity index is 1.74. The fraction of sp³-hybridized carbons (Fsp3) is 0.176. The van der Waals surface area contributed by atoms with Gasteiger partial charge in [0.2, 0.25) is 5.13 Å². The quantitative estimate of drug-likeness (QED) is 0.662. The minimum Gasteiger partial charge on any atom is -0.463 e. The summed E-state index contributed by atoms with van der Waals surface area (Å²) in [6, 6.07) is 9.75. The van der Waals surface area contributed by atoms with Crippen molar-refractivity contribution in [1.82, 2.24) is 4.98 Å². The highest BCUT2D eigenvalue weighted by atomic mass is 35.5. The van der Waals surface area contributed by atoms with E-state index in [1.165, 1.54) is 18.4 Å². The molecule has 0 unspecified atom stereocenters. The van der Waals surface area contributed by atoms with Gasteiger partial charge in [0.25, 0.3) is 5.72 Å². The first-order chi connectivity index (χ1) is 12.8. The van der Waals surface area contributed by atoms with Gasteiger partial charge in [-0.3, -0.25) is 0 Å². The van der Waals surface area contributed by atoms with Crippen LogP contribution in [0.25, 0.3) is 11.3 Å². The van der Waals surface area contributed by atoms with Crippen LogP contribution in [0.2, 0.25) is 5.02 Å². The Kier molecular flexibility index (Phi) is 4.25. The minimum atomic E-state index is -4.95. The zero-order chi connectivity index (χ0) is 19.2. The van der Waals surface area contributed by atoms with Crippen LogP contribution >= 0.6 is 22.9 Å². The van der Waals surface area contributed by atoms with Crippen LogP contribution in [0, 0.1) is 0 Å². The number of anilines is 1. The average Bonchev–Trinajstić information content (AvgIpc) is 3.34. The fourth-order valence-electron chi connectivity index (χ4n) is 2.66. The van der Waals surface area contributed by atoms with Gasteiger partial charge in [0.05, 0.1) is 18.4 Å². The third-order valence-electron chi connectivity index (χ3n) is 4.06. The van der Waals surface area contributed by atoms with E-state index < -0.39 is 18.3 Å². The first kappa shape index (κ1) is 18.0. The number of aliphatic hydroxyl groups is 1. The Morgan fingerprint density at radius 1 is 1.22 bits per heavy atom. The van der Waals surface area contributed by atoms with Crippen LogP contribution in [0.4, 0.5) is 18.3 Å². The van der Waals surface area contributed by atoms with E-state index in [2.05, 4.69) is 10.1 Å². The van der Waals surface area contributed by atoms with E-state index in [-0.39, 0.29) is 16.6 Å². The lowest BCUT2D eigenvalue weighted by Crippen LogP contribution is -2.55. The molecule has 3 aromatic rings. The number of nitrogens with zero attached hydrogens (tertiary/aromatic N) is 3. The molecule has 0 bridgehead atoms. The summed E-state index contributed by atoms with van der Waals surface area (Å²) in [5, 5.41) is 16.9. The van der Waals surface area contributed by atoms with E-state index in [1.807, 2.05) is 0 Å². The number of aromatic nitrogens is 1. The van der Waals surface area contributed by atoms with Crippen LogP contribution < -0.4 is 5.01 Å². The molecule has 0 radical (unpaired) electrons. The van der Waals surface area contributed by atoms with Crippen molar-refractivity contribution in [3.05, 3.63) is 58.8 Å². The Morgan fingerprint density at radius 3 is 2.59 bits per heavy atom. The highest BCUT2D eigenvalue weighted by Gasteiger charge is 2.63. The molecule has 1 atom stereocenters. The monoisotopic (exact) mass is 413 g/mol. The molecule has 0 amide bonds. The Labute approximate surface area is 160 Å². The molecule has 27 heavy (non-hydrogen) atoms. The highest BCUT2D eigenvalue weighted by molar-refractivity contribution is 7.14. The molecule has 0 aliphatic carbocycles. The number of halogens is 4. The predicted molar refractivity (Wildman–Crippen MR) is 95.9 cm³/mol. The summed E-state index contributed by atoms with van der Waals surface area (Å²) >= 11 is 6.80. The van der Waals surface area contributed by atoms with Crippen LogP contribution in [0.3, 0.4) is 0 Å². The Hall–Kier alpha value is -2.36. The second kappa shape index (κ2) is 6.36. The van der Waals surface area contributed by atoms with Gasteiger partial charge in [-0.25, -0.2) is 4.98 Å². The molecule has 0 saturated heterocycles. The number of thiazole rings is 1. The Morgan fingerprint density at radius 2 is 1.96 bits per heavy atom. The summed E-state index contributed by atoms with van der Waals surface area (Å²) < 4.78 is 46.0. The summed E-state index contributed by atoms with van der Waals surface area (Å²) in [6.45, 7) is 0. The summed E-state index contributed by atoms with van der Waals surface area (Å²) in [7, 11) is 0. The maximum atomic E-state index is 13.6. The summed E-state index contributed by atoms with van der Waals surface area (Å²) in [5.74, 6) is 0.162. The average molecular weight is 414 g/mol. The topological polar surface area (TPSA) is 61.9 Å². The molecule has 2 aromatic heterocycles. The number of furan rings is 1. The molecule has 10 heteroatoms. The minimum absolute atomic E-state index is 0.0110. The maximum Gasteiger partial charge on any atom is 0.438 e. The van der Waals surface area contributed by atoms with Crippen LogP contribution in [0.5, 0.6) is 0 Å². The SMILES string of the molecule is O[C@]1(C(F)(F)F)CC(c2ccco2)=NN1c1nc(-c2ccc(Cl)cc2)cs1. The third kappa shape index (κ3) is 3.11. The predicted octanol–water partition coefficient (Wildman–Crippen LogP) is 4.92. The Bertz CT molecular complexity index is 986. The van der Waals surface area contributed by atoms with E-state index in [0.29, 0.717) is 21.3 Å². The fourth-order valence-corrected chi connectivity index (χ4v) is 3.64. The standard InChI is InChI=1S/C17H11ClF3N3O2S/c18-11-5-3-10(4-6-11)13-9-27-15(22-13)24-16(25,17(19,20)21)8-12(23-24)14-2-1-7-26-14/h1-7,9,25H,8H2/t16-/m0/s1. The molecule has 140 valence electrons. The van der Waals surface area contributed by atoms with Crippen molar-refractivity contribution in [3.63, 3.8) is 0 Å². The smallest absolute Gasteiger partial charge is 0.438 e. The number of alkyl halides is 3. The second-order valence-electron chi connectivity index (χ2n) is 5.85. The highest BCUT2D eigenvalue weighted by Crippen LogP contribution is 2.45. The molecule has 0 fully saturated rings. The molecular weight excluding hydrogens is 403 g/mol. The van der Waals surface area contributed by atoms with Crippen molar-refractivity contribution in [2.24, 2.45) is 5.10 Å². The van der Waals surface area contributed by atoms with E-state index in [1.54, 1.807) is 29.6 Å². The van der Waals surface area contributed by atoms with Crippen molar-refractivity contribution in [1.29, 1.82) is 0 Å². The lowest BCUT2D eigenvalue weighted by molar-refractivity contribution is -0.254. The van der Waals surface area contributed by atoms with Crippen LogP contribution in [-0.2, 0) is 0 Å². The molecule has 5 nitrogen and oxygen atoms in total. The van der Waals surface area contributed by atoms with Crippen molar-refractivity contribution in [2.45, 2.75) is 18.3 Å². The van der Waals surface area contributed by atoms with Crippen LogP contribution in [-0.4, -0.2) is 27.7 Å². The van der Waals surface area contributed by atoms with E-state index in [0.717, 1.165) is 11.3 Å². The lowest BCUT2D eigenvalue weighted by atomic mass is 10.1. The summed E-state index contributed by atoms with van der Waals surface area (Å²) in [5.41, 5.74) is -2.07. The van der Waals surface area contributed by atoms with Crippen molar-refractivity contribution in [3.8, 4) is 11.3 Å². The van der Waals surface area contributed by atoms with Crippen molar-refractivity contribution >= 4 is 33.8 Å². The van der Waals surface area contributed by atoms with Gasteiger partial charge in [0.15, 0.2) is 0 Å². The third-order valence-corrected chi connectivity index (χ3v) is 5.13. The molecule has 0 spiro atoms. The van der Waals surface area contributed by atoms with Gasteiger partial charge >= 0.3 is 6.18 Å². The first-order valence-corrected chi connectivity index (χ1v) is 8.96. The van der Waals surface area contributed by atoms with Crippen molar-refractivity contribution in [2.75, 3.05) is 5.01 Å². The van der Waals surface area contributed by atoms with Gasteiger partial charge in [-0.05, 0) is 24.3 Å². The molecule has 4 rings (SSSR count). The lowest BCUT2D eigenvalue weighted by Gasteiger charge is -2.32. The van der Waals surface area contributed by atoms with Gasteiger partial charge in [-0.2, -0.15) is 23.3 Å². The van der Waals surface area contributed by atoms with Gasteiger partial charge in [-0.1, -0.05) is 23.7 Å². The number of hydrogen-bond donors (Lipinski definition) is 1. The largest absolute Gasteiger partial charge is 0.463 e. The first-order valence-electron chi connectivity index (χ1n) is 7.70. The molecule has 1 aromatic carbocycles.